The molecule has 0 bridgehead atoms. The predicted octanol–water partition coefficient (Wildman–Crippen LogP) is 4.00. The maximum atomic E-state index is 10.3. The zero-order valence-corrected chi connectivity index (χ0v) is 12.0. The topological polar surface area (TPSA) is 37.3 Å². The van der Waals surface area contributed by atoms with E-state index in [9.17, 15) is 4.79 Å². The maximum absolute atomic E-state index is 10.3. The number of aliphatic carboxylic acids is 1. The Kier molecular flexibility index (Phi) is 9.07. The molecule has 2 heteroatoms. The fourth-order valence-electron chi connectivity index (χ4n) is 1.32. The summed E-state index contributed by atoms with van der Waals surface area (Å²) in [6, 6.07) is 0. The fraction of sp³-hybridized carbons (Fsp3) is 0.611. The number of rotatable bonds is 7. The highest BCUT2D eigenvalue weighted by Gasteiger charge is 1.95. The highest BCUT2D eigenvalue weighted by atomic mass is 16.4. The quantitative estimate of drug-likeness (QED) is 0.563. The van der Waals surface area contributed by atoms with Crippen molar-refractivity contribution < 1.29 is 15.4 Å². The average molecular weight is 276 g/mol. The summed E-state index contributed by atoms with van der Waals surface area (Å²) >= 11 is 0. The van der Waals surface area contributed by atoms with Gasteiger partial charge in [0.1, 0.15) is 0 Å². The highest BCUT2D eigenvalue weighted by molar-refractivity contribution is 5.66. The molecule has 0 fully saturated rings. The van der Waals surface area contributed by atoms with Crippen LogP contribution in [0.4, 0.5) is 0 Å². The molecule has 0 heterocycles. The number of carboxylic acids is 1. The van der Waals surface area contributed by atoms with Crippen molar-refractivity contribution in [3.05, 3.63) is 0 Å². The van der Waals surface area contributed by atoms with E-state index in [1.54, 1.807) is 6.92 Å². The molecule has 0 aromatic carbocycles. The van der Waals surface area contributed by atoms with Crippen LogP contribution in [0.25, 0.3) is 0 Å². The molecule has 108 valence electrons. The SMILES string of the molecule is [2H]C([2H])(C#CCC)C#CC([2H])([2H])CC#CCCCCCCC(=O)O. The van der Waals surface area contributed by atoms with Gasteiger partial charge in [0.2, 0.25) is 0 Å². The third-order valence-electron chi connectivity index (χ3n) is 2.29. The number of hydrogen-bond acceptors (Lipinski definition) is 1. The van der Waals surface area contributed by atoms with Crippen LogP contribution in [0, 0.1) is 35.5 Å². The Morgan fingerprint density at radius 1 is 0.950 bits per heavy atom. The minimum absolute atomic E-state index is 0.0731. The Hall–Kier alpha value is -1.85. The van der Waals surface area contributed by atoms with Gasteiger partial charge < -0.3 is 5.11 Å². The van der Waals surface area contributed by atoms with Crippen LogP contribution in [0.3, 0.4) is 0 Å². The Morgan fingerprint density at radius 3 is 2.40 bits per heavy atom. The van der Waals surface area contributed by atoms with Gasteiger partial charge in [0.25, 0.3) is 0 Å². The number of carbonyl (C=O) groups is 1. The van der Waals surface area contributed by atoms with Crippen molar-refractivity contribution in [2.75, 3.05) is 0 Å². The molecule has 0 spiro atoms. The average Bonchev–Trinajstić information content (AvgIpc) is 2.49. The van der Waals surface area contributed by atoms with Crippen molar-refractivity contribution in [2.45, 2.75) is 71.0 Å². The zero-order chi connectivity index (χ0) is 18.5. The van der Waals surface area contributed by atoms with Crippen LogP contribution in [0.1, 0.15) is 76.5 Å². The molecule has 0 aliphatic heterocycles. The monoisotopic (exact) mass is 276 g/mol. The summed E-state index contributed by atoms with van der Waals surface area (Å²) < 4.78 is 30.5. The number of hydrogen-bond donors (Lipinski definition) is 1. The van der Waals surface area contributed by atoms with E-state index < -0.39 is 18.7 Å². The summed E-state index contributed by atoms with van der Waals surface area (Å²) in [7, 11) is 0. The molecule has 0 saturated carbocycles. The van der Waals surface area contributed by atoms with Crippen molar-refractivity contribution >= 4 is 5.97 Å². The fourth-order valence-corrected chi connectivity index (χ4v) is 1.32. The van der Waals surface area contributed by atoms with Gasteiger partial charge in [-0.15, -0.1) is 23.7 Å². The molecule has 20 heavy (non-hydrogen) atoms. The van der Waals surface area contributed by atoms with Gasteiger partial charge in [0, 0.05) is 34.8 Å². The van der Waals surface area contributed by atoms with Crippen molar-refractivity contribution in [1.82, 2.24) is 0 Å². The van der Waals surface area contributed by atoms with Crippen molar-refractivity contribution in [3.63, 3.8) is 0 Å². The van der Waals surface area contributed by atoms with Crippen LogP contribution in [0.15, 0.2) is 0 Å². The predicted molar refractivity (Wildman–Crippen MR) is 82.8 cm³/mol. The van der Waals surface area contributed by atoms with Crippen LogP contribution < -0.4 is 0 Å². The van der Waals surface area contributed by atoms with E-state index in [4.69, 9.17) is 10.6 Å². The van der Waals surface area contributed by atoms with E-state index in [1.165, 1.54) is 0 Å². The summed E-state index contributed by atoms with van der Waals surface area (Å²) in [6.07, 6.45) is 0.702. The lowest BCUT2D eigenvalue weighted by atomic mass is 10.1. The molecule has 0 radical (unpaired) electrons. The summed E-state index contributed by atoms with van der Waals surface area (Å²) in [4.78, 5) is 10.3. The third-order valence-corrected chi connectivity index (χ3v) is 2.29. The molecule has 0 amide bonds. The Labute approximate surface area is 129 Å². The second-order valence-corrected chi connectivity index (χ2v) is 4.05. The molecular formula is C18H24O2. The standard InChI is InChI=1S/C18H24O2/c1-2-3-4-5-6-7-8-9-10-11-12-13-14-15-16-17-18(19)20/h2,5,8-9,12-17H2,1H3,(H,19,20)/i5D2,8D2. The number of unbranched alkanes of at least 4 members (excludes halogenated alkanes) is 4. The van der Waals surface area contributed by atoms with Gasteiger partial charge in [0.05, 0.1) is 9.11 Å². The van der Waals surface area contributed by atoms with Gasteiger partial charge >= 0.3 is 5.97 Å². The maximum Gasteiger partial charge on any atom is 0.303 e. The Morgan fingerprint density at radius 2 is 1.65 bits per heavy atom. The molecule has 0 aliphatic carbocycles. The first-order chi connectivity index (χ1) is 11.2. The minimum Gasteiger partial charge on any atom is -0.481 e. The molecule has 2 nitrogen and oxygen atoms in total. The zero-order valence-electron chi connectivity index (χ0n) is 16.0. The molecule has 0 saturated heterocycles. The second kappa shape index (κ2) is 15.2. The molecule has 0 aromatic heterocycles. The summed E-state index contributed by atoms with van der Waals surface area (Å²) in [6.45, 7) is 1.80. The molecule has 0 rings (SSSR count). The normalized spacial score (nSPS) is 12.8. The highest BCUT2D eigenvalue weighted by Crippen LogP contribution is 2.04. The number of carboxylic acid groups (broad SMARTS) is 1. The van der Waals surface area contributed by atoms with Crippen molar-refractivity contribution in [3.8, 4) is 35.5 Å². The van der Waals surface area contributed by atoms with Gasteiger partial charge in [-0.05, 0) is 12.8 Å². The first kappa shape index (κ1) is 11.9. The van der Waals surface area contributed by atoms with E-state index in [0.29, 0.717) is 19.3 Å². The molecule has 0 unspecified atom stereocenters. The molecule has 0 aromatic rings. The van der Waals surface area contributed by atoms with Crippen LogP contribution in [-0.4, -0.2) is 11.1 Å². The van der Waals surface area contributed by atoms with Gasteiger partial charge in [-0.3, -0.25) is 4.79 Å². The van der Waals surface area contributed by atoms with Gasteiger partial charge in [-0.25, -0.2) is 0 Å². The minimum atomic E-state index is -2.01. The Balaban J connectivity index is 4.16. The van der Waals surface area contributed by atoms with Gasteiger partial charge in [-0.1, -0.05) is 31.6 Å². The molecule has 0 atom stereocenters. The first-order valence-corrected chi connectivity index (χ1v) is 6.90. The van der Waals surface area contributed by atoms with Crippen LogP contribution in [0.5, 0.6) is 0 Å². The molecule has 0 aliphatic rings. The van der Waals surface area contributed by atoms with Gasteiger partial charge in [0.15, 0.2) is 0 Å². The first-order valence-electron chi connectivity index (χ1n) is 8.90. The van der Waals surface area contributed by atoms with Crippen molar-refractivity contribution in [1.29, 1.82) is 0 Å². The lowest BCUT2D eigenvalue weighted by molar-refractivity contribution is -0.137. The largest absolute Gasteiger partial charge is 0.481 e. The summed E-state index contributed by atoms with van der Waals surface area (Å²) in [5.41, 5.74) is 0. The van der Waals surface area contributed by atoms with Gasteiger partial charge in [-0.2, -0.15) is 0 Å². The third kappa shape index (κ3) is 16.1. The summed E-state index contributed by atoms with van der Waals surface area (Å²) in [5.74, 6) is 14.3. The van der Waals surface area contributed by atoms with E-state index in [2.05, 4.69) is 35.5 Å². The molecular weight excluding hydrogens is 248 g/mol. The smallest absolute Gasteiger partial charge is 0.303 e. The second-order valence-electron chi connectivity index (χ2n) is 4.05. The molecule has 1 N–H and O–H groups in total. The van der Waals surface area contributed by atoms with E-state index in [0.717, 1.165) is 19.3 Å². The lowest BCUT2D eigenvalue weighted by Crippen LogP contribution is -1.93. The van der Waals surface area contributed by atoms with Crippen LogP contribution >= 0.6 is 0 Å². The van der Waals surface area contributed by atoms with E-state index in [-0.39, 0.29) is 12.8 Å². The van der Waals surface area contributed by atoms with Crippen LogP contribution in [0.2, 0.25) is 0 Å². The Bertz CT molecular complexity index is 577. The lowest BCUT2D eigenvalue weighted by Gasteiger charge is -1.95. The van der Waals surface area contributed by atoms with Crippen molar-refractivity contribution in [2.24, 2.45) is 0 Å². The van der Waals surface area contributed by atoms with Crippen LogP contribution in [-0.2, 0) is 4.79 Å². The summed E-state index contributed by atoms with van der Waals surface area (Å²) in [5, 5.41) is 8.50. The van der Waals surface area contributed by atoms with E-state index >= 15 is 0 Å². The van der Waals surface area contributed by atoms with E-state index in [1.807, 2.05) is 0 Å².